The highest BCUT2D eigenvalue weighted by atomic mass is 32.1. The van der Waals surface area contributed by atoms with Crippen LogP contribution in [0.3, 0.4) is 0 Å². The van der Waals surface area contributed by atoms with E-state index >= 15 is 0 Å². The van der Waals surface area contributed by atoms with Crippen LogP contribution in [-0.4, -0.2) is 38.5 Å². The summed E-state index contributed by atoms with van der Waals surface area (Å²) in [4.78, 5) is 34.2. The van der Waals surface area contributed by atoms with Gasteiger partial charge in [0.15, 0.2) is 0 Å². The lowest BCUT2D eigenvalue weighted by molar-refractivity contribution is -0.135. The smallest absolute Gasteiger partial charge is 0.225 e. The van der Waals surface area contributed by atoms with E-state index in [0.29, 0.717) is 13.1 Å². The monoisotopic (exact) mass is 392 g/mol. The van der Waals surface area contributed by atoms with Gasteiger partial charge in [0.05, 0.1) is 18.5 Å². The van der Waals surface area contributed by atoms with Gasteiger partial charge in [-0.3, -0.25) is 9.79 Å². The van der Waals surface area contributed by atoms with Crippen molar-refractivity contribution >= 4 is 45.3 Å². The molecule has 0 saturated carbocycles. The number of rotatable bonds is 3. The van der Waals surface area contributed by atoms with E-state index in [4.69, 9.17) is 0 Å². The van der Waals surface area contributed by atoms with Crippen molar-refractivity contribution in [1.29, 1.82) is 0 Å². The summed E-state index contributed by atoms with van der Waals surface area (Å²) in [5.74, 6) is 1.74. The van der Waals surface area contributed by atoms with Gasteiger partial charge in [-0.05, 0) is 18.1 Å². The third-order valence-corrected chi connectivity index (χ3v) is 6.33. The number of pyridine rings is 1. The van der Waals surface area contributed by atoms with Crippen molar-refractivity contribution in [3.63, 3.8) is 0 Å². The standard InChI is InChI=1S/C20H20N6OS/c1-11(2)20(27)26-4-3-14-15(9-26)28-19-17(14)18(23-10-24-19)25-16-5-12-6-21-7-13(12)8-22-16/h5-6,8,10-11H,3-4,7,9H2,1-2H3,(H,22,23,24,25). The number of carbonyl (C=O) groups excluding carboxylic acids is 1. The maximum absolute atomic E-state index is 12.4. The molecule has 0 unspecified atom stereocenters. The van der Waals surface area contributed by atoms with Gasteiger partial charge in [-0.1, -0.05) is 13.8 Å². The zero-order chi connectivity index (χ0) is 19.3. The Balaban J connectivity index is 1.50. The Bertz CT molecular complexity index is 1120. The average molecular weight is 392 g/mol. The Morgan fingerprint density at radius 1 is 1.29 bits per heavy atom. The highest BCUT2D eigenvalue weighted by Crippen LogP contribution is 2.38. The SMILES string of the molecule is CC(C)C(=O)N1CCc2c(sc3ncnc(Nc4cc5c(cn4)CN=C5)c23)C1. The van der Waals surface area contributed by atoms with Crippen molar-refractivity contribution in [3.8, 4) is 0 Å². The van der Waals surface area contributed by atoms with Crippen molar-refractivity contribution in [2.45, 2.75) is 33.4 Å². The zero-order valence-electron chi connectivity index (χ0n) is 15.8. The van der Waals surface area contributed by atoms with Crippen LogP contribution in [0.2, 0.25) is 0 Å². The number of hydrogen-bond donors (Lipinski definition) is 1. The molecule has 0 fully saturated rings. The highest BCUT2D eigenvalue weighted by Gasteiger charge is 2.27. The largest absolute Gasteiger partial charge is 0.337 e. The lowest BCUT2D eigenvalue weighted by Crippen LogP contribution is -2.37. The van der Waals surface area contributed by atoms with E-state index < -0.39 is 0 Å². The van der Waals surface area contributed by atoms with E-state index in [1.165, 1.54) is 10.4 Å². The first-order chi connectivity index (χ1) is 13.6. The molecule has 5 heterocycles. The molecule has 0 saturated heterocycles. The number of fused-ring (bicyclic) bond motifs is 4. The zero-order valence-corrected chi connectivity index (χ0v) is 16.6. The van der Waals surface area contributed by atoms with E-state index in [9.17, 15) is 4.79 Å². The summed E-state index contributed by atoms with van der Waals surface area (Å²) >= 11 is 1.65. The predicted octanol–water partition coefficient (Wildman–Crippen LogP) is 3.30. The van der Waals surface area contributed by atoms with Gasteiger partial charge in [0.2, 0.25) is 5.91 Å². The fourth-order valence-electron chi connectivity index (χ4n) is 3.76. The van der Waals surface area contributed by atoms with E-state index in [-0.39, 0.29) is 11.8 Å². The van der Waals surface area contributed by atoms with Crippen LogP contribution < -0.4 is 5.32 Å². The Morgan fingerprint density at radius 3 is 3.04 bits per heavy atom. The first kappa shape index (κ1) is 17.2. The summed E-state index contributed by atoms with van der Waals surface area (Å²) in [6.45, 7) is 5.98. The van der Waals surface area contributed by atoms with Crippen LogP contribution in [0.4, 0.5) is 11.6 Å². The van der Waals surface area contributed by atoms with Gasteiger partial charge in [-0.2, -0.15) is 0 Å². The topological polar surface area (TPSA) is 83.4 Å². The highest BCUT2D eigenvalue weighted by molar-refractivity contribution is 7.19. The maximum atomic E-state index is 12.4. The van der Waals surface area contributed by atoms with Gasteiger partial charge in [0.1, 0.15) is 22.8 Å². The number of amides is 1. The van der Waals surface area contributed by atoms with Gasteiger partial charge < -0.3 is 10.2 Å². The number of nitrogens with one attached hydrogen (secondary N) is 1. The minimum absolute atomic E-state index is 0.0161. The minimum atomic E-state index is 0.0161. The first-order valence-electron chi connectivity index (χ1n) is 9.40. The van der Waals surface area contributed by atoms with Crippen molar-refractivity contribution < 1.29 is 4.79 Å². The summed E-state index contributed by atoms with van der Waals surface area (Å²) in [5.41, 5.74) is 3.48. The van der Waals surface area contributed by atoms with Crippen molar-refractivity contribution in [1.82, 2.24) is 19.9 Å². The lowest BCUT2D eigenvalue weighted by atomic mass is 10.0. The van der Waals surface area contributed by atoms with Crippen molar-refractivity contribution in [2.75, 3.05) is 11.9 Å². The molecule has 142 valence electrons. The van der Waals surface area contributed by atoms with Crippen LogP contribution in [0.15, 0.2) is 23.6 Å². The Morgan fingerprint density at radius 2 is 2.18 bits per heavy atom. The fourth-order valence-corrected chi connectivity index (χ4v) is 4.96. The molecule has 2 aliphatic heterocycles. The molecule has 1 N–H and O–H groups in total. The second kappa shape index (κ2) is 6.63. The minimum Gasteiger partial charge on any atom is -0.337 e. The predicted molar refractivity (Wildman–Crippen MR) is 110 cm³/mol. The normalized spacial score (nSPS) is 15.2. The fraction of sp³-hybridized carbons (Fsp3) is 0.350. The molecule has 0 atom stereocenters. The molecule has 5 rings (SSSR count). The Kier molecular flexibility index (Phi) is 4.08. The first-order valence-corrected chi connectivity index (χ1v) is 10.2. The molecule has 1 amide bonds. The van der Waals surface area contributed by atoms with Gasteiger partial charge in [-0.25, -0.2) is 15.0 Å². The summed E-state index contributed by atoms with van der Waals surface area (Å²) in [5, 5.41) is 4.42. The van der Waals surface area contributed by atoms with Crippen LogP contribution in [-0.2, 0) is 24.3 Å². The van der Waals surface area contributed by atoms with Gasteiger partial charge >= 0.3 is 0 Å². The summed E-state index contributed by atoms with van der Waals surface area (Å²) < 4.78 is 0. The molecule has 28 heavy (non-hydrogen) atoms. The molecule has 8 heteroatoms. The van der Waals surface area contributed by atoms with E-state index in [0.717, 1.165) is 45.9 Å². The molecule has 0 bridgehead atoms. The van der Waals surface area contributed by atoms with Crippen LogP contribution in [0.1, 0.15) is 35.4 Å². The number of nitrogens with zero attached hydrogens (tertiary/aromatic N) is 5. The van der Waals surface area contributed by atoms with Crippen LogP contribution in [0.25, 0.3) is 10.2 Å². The molecule has 0 spiro atoms. The molecular weight excluding hydrogens is 372 g/mol. The van der Waals surface area contributed by atoms with Crippen LogP contribution in [0, 0.1) is 5.92 Å². The molecule has 7 nitrogen and oxygen atoms in total. The van der Waals surface area contributed by atoms with E-state index in [2.05, 4.69) is 25.3 Å². The van der Waals surface area contributed by atoms with Crippen LogP contribution >= 0.6 is 11.3 Å². The van der Waals surface area contributed by atoms with Gasteiger partial charge in [0.25, 0.3) is 0 Å². The number of anilines is 2. The van der Waals surface area contributed by atoms with E-state index in [1.807, 2.05) is 37.2 Å². The molecule has 3 aromatic rings. The molecule has 3 aromatic heterocycles. The second-order valence-corrected chi connectivity index (χ2v) is 8.52. The quantitative estimate of drug-likeness (QED) is 0.739. The number of aliphatic imine (C=N–C) groups is 1. The van der Waals surface area contributed by atoms with Gasteiger partial charge in [-0.15, -0.1) is 11.3 Å². The summed E-state index contributed by atoms with van der Waals surface area (Å²) in [7, 11) is 0. The number of hydrogen-bond acceptors (Lipinski definition) is 7. The third-order valence-electron chi connectivity index (χ3n) is 5.20. The summed E-state index contributed by atoms with van der Waals surface area (Å²) in [6, 6.07) is 2.00. The third kappa shape index (κ3) is 2.84. The number of carbonyl (C=O) groups is 1. The van der Waals surface area contributed by atoms with Crippen LogP contribution in [0.5, 0.6) is 0 Å². The number of thiophene rings is 1. The second-order valence-electron chi connectivity index (χ2n) is 7.43. The molecule has 2 aliphatic rings. The molecule has 0 radical (unpaired) electrons. The molecular formula is C20H20N6OS. The van der Waals surface area contributed by atoms with Gasteiger partial charge in [0, 0.05) is 40.9 Å². The summed E-state index contributed by atoms with van der Waals surface area (Å²) in [6.07, 6.45) is 6.14. The van der Waals surface area contributed by atoms with E-state index in [1.54, 1.807) is 17.7 Å². The maximum Gasteiger partial charge on any atom is 0.225 e. The number of aromatic nitrogens is 3. The van der Waals surface area contributed by atoms with Crippen molar-refractivity contribution in [2.24, 2.45) is 10.9 Å². The average Bonchev–Trinajstić information content (AvgIpc) is 3.30. The molecule has 0 aromatic carbocycles. The Hall–Kier alpha value is -2.87. The van der Waals surface area contributed by atoms with Crippen molar-refractivity contribution in [3.05, 3.63) is 40.2 Å². The Labute approximate surface area is 166 Å². The lowest BCUT2D eigenvalue weighted by Gasteiger charge is -2.28. The molecule has 0 aliphatic carbocycles.